The minimum Gasteiger partial charge on any atom is -0.497 e. The van der Waals surface area contributed by atoms with Gasteiger partial charge in [-0.2, -0.15) is 5.26 Å². The molecule has 0 saturated carbocycles. The lowest BCUT2D eigenvalue weighted by Crippen LogP contribution is -2.23. The molecule has 2 aromatic rings. The Kier molecular flexibility index (Phi) is 4.89. The van der Waals surface area contributed by atoms with E-state index in [-0.39, 0.29) is 5.91 Å². The largest absolute Gasteiger partial charge is 0.497 e. The molecule has 0 aliphatic carbocycles. The van der Waals surface area contributed by atoms with Crippen molar-refractivity contribution in [2.24, 2.45) is 5.92 Å². The van der Waals surface area contributed by atoms with Crippen molar-refractivity contribution in [3.63, 3.8) is 0 Å². The van der Waals surface area contributed by atoms with E-state index in [1.807, 2.05) is 18.2 Å². The molecule has 1 heterocycles. The average Bonchev–Trinajstić information content (AvgIpc) is 2.54. The van der Waals surface area contributed by atoms with Crippen LogP contribution in [0.3, 0.4) is 0 Å². The highest BCUT2D eigenvalue weighted by atomic mass is 16.5. The molecule has 21 heavy (non-hydrogen) atoms. The smallest absolute Gasteiger partial charge is 0.243 e. The second-order valence-corrected chi connectivity index (χ2v) is 4.44. The number of nitriles is 1. The van der Waals surface area contributed by atoms with E-state index in [9.17, 15) is 10.1 Å². The van der Waals surface area contributed by atoms with E-state index >= 15 is 0 Å². The van der Waals surface area contributed by atoms with Crippen molar-refractivity contribution in [2.45, 2.75) is 6.42 Å². The summed E-state index contributed by atoms with van der Waals surface area (Å²) in [5.41, 5.74) is 0.901. The first kappa shape index (κ1) is 14.5. The maximum absolute atomic E-state index is 12.1. The van der Waals surface area contributed by atoms with Crippen molar-refractivity contribution in [3.8, 4) is 11.8 Å². The predicted molar refractivity (Wildman–Crippen MR) is 78.7 cm³/mol. The van der Waals surface area contributed by atoms with Gasteiger partial charge in [0.2, 0.25) is 5.91 Å². The van der Waals surface area contributed by atoms with Gasteiger partial charge in [0.1, 0.15) is 17.5 Å². The van der Waals surface area contributed by atoms with E-state index in [1.165, 1.54) is 0 Å². The molecule has 1 atom stereocenters. The number of hydrogen-bond acceptors (Lipinski definition) is 4. The number of carbonyl (C=O) groups excluding carboxylic acids is 1. The first-order chi connectivity index (χ1) is 10.2. The maximum Gasteiger partial charge on any atom is 0.243 e. The standard InChI is InChI=1S/C16H15N3O2/c1-21-14-7-5-12(6-8-14)10-13(11-17)16(20)19-15-4-2-3-9-18-15/h2-9,13H,10H2,1H3,(H,18,19,20). The Morgan fingerprint density at radius 1 is 1.33 bits per heavy atom. The van der Waals surface area contributed by atoms with Crippen molar-refractivity contribution < 1.29 is 9.53 Å². The topological polar surface area (TPSA) is 75.0 Å². The molecule has 1 amide bonds. The van der Waals surface area contributed by atoms with Gasteiger partial charge in [0.05, 0.1) is 13.2 Å². The zero-order chi connectivity index (χ0) is 15.1. The van der Waals surface area contributed by atoms with Crippen LogP contribution in [0.2, 0.25) is 0 Å². The number of nitrogens with zero attached hydrogens (tertiary/aromatic N) is 2. The summed E-state index contributed by atoms with van der Waals surface area (Å²) in [5.74, 6) is 0.0649. The minimum atomic E-state index is -0.764. The summed E-state index contributed by atoms with van der Waals surface area (Å²) in [5, 5.41) is 11.8. The van der Waals surface area contributed by atoms with Crippen LogP contribution >= 0.6 is 0 Å². The number of rotatable bonds is 5. The van der Waals surface area contributed by atoms with Crippen molar-refractivity contribution >= 4 is 11.7 Å². The SMILES string of the molecule is COc1ccc(CC(C#N)C(=O)Nc2ccccn2)cc1. The molecule has 1 aromatic carbocycles. The summed E-state index contributed by atoms with van der Waals surface area (Å²) < 4.78 is 5.07. The van der Waals surface area contributed by atoms with Crippen LogP contribution in [0.1, 0.15) is 5.56 Å². The normalized spacial score (nSPS) is 11.2. The number of pyridine rings is 1. The molecule has 1 N–H and O–H groups in total. The minimum absolute atomic E-state index is 0.346. The lowest BCUT2D eigenvalue weighted by atomic mass is 10.00. The molecule has 1 unspecified atom stereocenters. The molecule has 0 saturated heterocycles. The fourth-order valence-corrected chi connectivity index (χ4v) is 1.84. The lowest BCUT2D eigenvalue weighted by molar-refractivity contribution is -0.118. The zero-order valence-corrected chi connectivity index (χ0v) is 11.6. The Labute approximate surface area is 123 Å². The number of anilines is 1. The van der Waals surface area contributed by atoms with E-state index in [0.29, 0.717) is 12.2 Å². The Balaban J connectivity index is 2.02. The molecule has 106 valence electrons. The highest BCUT2D eigenvalue weighted by Gasteiger charge is 2.18. The van der Waals surface area contributed by atoms with Gasteiger partial charge in [-0.3, -0.25) is 4.79 Å². The molecular weight excluding hydrogens is 266 g/mol. The van der Waals surface area contributed by atoms with Crippen molar-refractivity contribution in [3.05, 3.63) is 54.2 Å². The first-order valence-corrected chi connectivity index (χ1v) is 6.47. The fraction of sp³-hybridized carbons (Fsp3) is 0.188. The van der Waals surface area contributed by atoms with E-state index in [2.05, 4.69) is 10.3 Å². The third kappa shape index (κ3) is 4.05. The molecule has 0 aliphatic rings. The number of benzene rings is 1. The van der Waals surface area contributed by atoms with Crippen LogP contribution in [0.4, 0.5) is 5.82 Å². The van der Waals surface area contributed by atoms with Crippen LogP contribution in [0, 0.1) is 17.2 Å². The van der Waals surface area contributed by atoms with E-state index in [1.54, 1.807) is 43.6 Å². The molecule has 0 fully saturated rings. The van der Waals surface area contributed by atoms with Gasteiger partial charge in [0.25, 0.3) is 0 Å². The highest BCUT2D eigenvalue weighted by molar-refractivity contribution is 5.93. The van der Waals surface area contributed by atoms with Crippen LogP contribution in [-0.4, -0.2) is 18.0 Å². The van der Waals surface area contributed by atoms with Crippen LogP contribution in [0.15, 0.2) is 48.7 Å². The van der Waals surface area contributed by atoms with Gasteiger partial charge in [-0.1, -0.05) is 18.2 Å². The summed E-state index contributed by atoms with van der Waals surface area (Å²) in [6, 6.07) is 14.5. The van der Waals surface area contributed by atoms with Crippen molar-refractivity contribution in [2.75, 3.05) is 12.4 Å². The van der Waals surface area contributed by atoms with Gasteiger partial charge in [-0.25, -0.2) is 4.98 Å². The quantitative estimate of drug-likeness (QED) is 0.913. The molecule has 2 rings (SSSR count). The molecule has 5 nitrogen and oxygen atoms in total. The molecule has 0 aliphatic heterocycles. The van der Waals surface area contributed by atoms with Gasteiger partial charge in [-0.05, 0) is 36.2 Å². The van der Waals surface area contributed by atoms with Crippen molar-refractivity contribution in [1.82, 2.24) is 4.98 Å². The molecule has 0 radical (unpaired) electrons. The summed E-state index contributed by atoms with van der Waals surface area (Å²) in [6.07, 6.45) is 1.93. The Morgan fingerprint density at radius 2 is 2.10 bits per heavy atom. The highest BCUT2D eigenvalue weighted by Crippen LogP contribution is 2.15. The number of nitrogens with one attached hydrogen (secondary N) is 1. The van der Waals surface area contributed by atoms with Crippen LogP contribution in [-0.2, 0) is 11.2 Å². The van der Waals surface area contributed by atoms with Crippen LogP contribution in [0.25, 0.3) is 0 Å². The third-order valence-electron chi connectivity index (χ3n) is 2.99. The monoisotopic (exact) mass is 281 g/mol. The number of amides is 1. The maximum atomic E-state index is 12.1. The summed E-state index contributed by atoms with van der Waals surface area (Å²) in [7, 11) is 1.59. The molecular formula is C16H15N3O2. The number of aromatic nitrogens is 1. The van der Waals surface area contributed by atoms with E-state index in [4.69, 9.17) is 4.74 Å². The van der Waals surface area contributed by atoms with E-state index in [0.717, 1.165) is 11.3 Å². The first-order valence-electron chi connectivity index (χ1n) is 6.47. The number of carbonyl (C=O) groups is 1. The summed E-state index contributed by atoms with van der Waals surface area (Å²) in [4.78, 5) is 16.1. The van der Waals surface area contributed by atoms with Gasteiger partial charge < -0.3 is 10.1 Å². The predicted octanol–water partition coefficient (Wildman–Crippen LogP) is 2.41. The molecule has 0 bridgehead atoms. The Bertz CT molecular complexity index is 633. The second-order valence-electron chi connectivity index (χ2n) is 4.44. The summed E-state index contributed by atoms with van der Waals surface area (Å²) in [6.45, 7) is 0. The van der Waals surface area contributed by atoms with Gasteiger partial charge >= 0.3 is 0 Å². The zero-order valence-electron chi connectivity index (χ0n) is 11.6. The molecule has 5 heteroatoms. The van der Waals surface area contributed by atoms with Gasteiger partial charge in [0, 0.05) is 6.20 Å². The van der Waals surface area contributed by atoms with E-state index < -0.39 is 5.92 Å². The third-order valence-corrected chi connectivity index (χ3v) is 2.99. The van der Waals surface area contributed by atoms with Gasteiger partial charge in [0.15, 0.2) is 0 Å². The average molecular weight is 281 g/mol. The summed E-state index contributed by atoms with van der Waals surface area (Å²) >= 11 is 0. The Hall–Kier alpha value is -2.87. The van der Waals surface area contributed by atoms with Crippen LogP contribution < -0.4 is 10.1 Å². The number of ether oxygens (including phenoxy) is 1. The number of hydrogen-bond donors (Lipinski definition) is 1. The molecule has 0 spiro atoms. The number of methoxy groups -OCH3 is 1. The fourth-order valence-electron chi connectivity index (χ4n) is 1.84. The Morgan fingerprint density at radius 3 is 2.67 bits per heavy atom. The lowest BCUT2D eigenvalue weighted by Gasteiger charge is -2.10. The molecule has 1 aromatic heterocycles. The van der Waals surface area contributed by atoms with Crippen molar-refractivity contribution in [1.29, 1.82) is 5.26 Å². The van der Waals surface area contributed by atoms with Gasteiger partial charge in [-0.15, -0.1) is 0 Å². The van der Waals surface area contributed by atoms with Crippen LogP contribution in [0.5, 0.6) is 5.75 Å². The second kappa shape index (κ2) is 7.06.